The van der Waals surface area contributed by atoms with Crippen molar-refractivity contribution in [3.05, 3.63) is 0 Å². The summed E-state index contributed by atoms with van der Waals surface area (Å²) in [6.07, 6.45) is 9.55. The summed E-state index contributed by atoms with van der Waals surface area (Å²) in [5.74, 6) is 4.99. The van der Waals surface area contributed by atoms with Crippen LogP contribution in [0.15, 0.2) is 0 Å². The van der Waals surface area contributed by atoms with Crippen LogP contribution < -0.4 is 31.9 Å². The Morgan fingerprint density at radius 1 is 0.337 bits per heavy atom. The van der Waals surface area contributed by atoms with Gasteiger partial charge in [0.15, 0.2) is 0 Å². The Morgan fingerprint density at radius 3 is 1.10 bits per heavy atom. The van der Waals surface area contributed by atoms with Crippen LogP contribution >= 0.6 is 0 Å². The first kappa shape index (κ1) is 116. The average molecular weight is 1470 g/mol. The molecule has 0 aliphatic heterocycles. The number of aliphatic hydroxyl groups excluding tert-OH is 9. The van der Waals surface area contributed by atoms with E-state index in [0.717, 1.165) is 103 Å². The lowest BCUT2D eigenvalue weighted by Gasteiger charge is -2.14. The van der Waals surface area contributed by atoms with Crippen LogP contribution in [0.2, 0.25) is 0 Å². The van der Waals surface area contributed by atoms with Crippen LogP contribution in [-0.2, 0) is 28.4 Å². The van der Waals surface area contributed by atoms with Crippen LogP contribution in [-0.4, -0.2) is 231 Å². The van der Waals surface area contributed by atoms with E-state index in [1.54, 1.807) is 0 Å². The van der Waals surface area contributed by atoms with Gasteiger partial charge in [-0.2, -0.15) is 0 Å². The van der Waals surface area contributed by atoms with Gasteiger partial charge in [0.2, 0.25) is 0 Å². The smallest absolute Gasteiger partial charge is 0.407 e. The molecule has 0 heterocycles. The number of rotatable bonds is 48. The first-order valence-corrected chi connectivity index (χ1v) is 38.1. The van der Waals surface area contributed by atoms with Gasteiger partial charge < -0.3 is 106 Å². The maximum atomic E-state index is 11.1. The lowest BCUT2D eigenvalue weighted by Crippen LogP contribution is -2.37. The van der Waals surface area contributed by atoms with Crippen molar-refractivity contribution in [3.63, 3.8) is 0 Å². The number of hydrogen-bond donors (Lipinski definition) is 15. The van der Waals surface area contributed by atoms with Crippen LogP contribution in [0.25, 0.3) is 0 Å². The number of hydrogen-bond acceptors (Lipinski definition) is 21. The quantitative estimate of drug-likeness (QED) is 0.0199. The molecule has 0 aliphatic carbocycles. The molecule has 0 aromatic heterocycles. The van der Waals surface area contributed by atoms with Gasteiger partial charge in [-0.25, -0.2) is 19.2 Å². The predicted molar refractivity (Wildman–Crippen MR) is 414 cm³/mol. The zero-order chi connectivity index (χ0) is 78.7. The molecule has 0 saturated carbocycles. The Labute approximate surface area is 618 Å². The molecule has 7 unspecified atom stereocenters. The molecule has 25 heteroatoms. The van der Waals surface area contributed by atoms with Gasteiger partial charge in [0.1, 0.15) is 12.7 Å². The molecule has 25 nitrogen and oxygen atoms in total. The van der Waals surface area contributed by atoms with E-state index in [-0.39, 0.29) is 90.1 Å². The summed E-state index contributed by atoms with van der Waals surface area (Å²) >= 11 is 0. The number of aliphatic hydroxyl groups is 9. The molecule has 101 heavy (non-hydrogen) atoms. The Bertz CT molecular complexity index is 1530. The molecule has 0 aliphatic rings. The second-order valence-corrected chi connectivity index (χ2v) is 28.2. The van der Waals surface area contributed by atoms with Gasteiger partial charge in [-0.3, -0.25) is 0 Å². The SMILES string of the molecule is C.CC(C)CCNC(CO)CO.CCC(CO)NC(=O)OCCC(C)C.CCC(CO)OC(=O)NCCC(C)C.CCC(CO)OCCC(C)C.CCC(O)CNC(=O)OCCC(C)C.CCC(O)CNCCC(C)C.CCC(O)COC(=O)NCCC(C)C.CCC(O)COCCC(C)C. The van der Waals surface area contributed by atoms with Gasteiger partial charge in [-0.1, -0.05) is 167 Å². The largest absolute Gasteiger partial charge is 0.450 e. The van der Waals surface area contributed by atoms with Gasteiger partial charge in [-0.15, -0.1) is 0 Å². The zero-order valence-electron chi connectivity index (χ0n) is 68.0. The molecular weight excluding hydrogens is 1300 g/mol. The Morgan fingerprint density at radius 2 is 0.703 bits per heavy atom. The van der Waals surface area contributed by atoms with Crippen molar-refractivity contribution in [1.29, 1.82) is 0 Å². The molecule has 0 aromatic carbocycles. The molecule has 0 radical (unpaired) electrons. The van der Waals surface area contributed by atoms with Crippen molar-refractivity contribution in [1.82, 2.24) is 31.9 Å². The van der Waals surface area contributed by atoms with Gasteiger partial charge >= 0.3 is 24.4 Å². The molecule has 616 valence electrons. The summed E-state index contributed by atoms with van der Waals surface area (Å²) in [7, 11) is 0. The monoisotopic (exact) mass is 1470 g/mol. The van der Waals surface area contributed by atoms with Crippen LogP contribution in [0, 0.1) is 47.3 Å². The molecule has 7 atom stereocenters. The third kappa shape index (κ3) is 110. The van der Waals surface area contributed by atoms with Crippen molar-refractivity contribution >= 4 is 24.4 Å². The third-order valence-electron chi connectivity index (χ3n) is 14.3. The lowest BCUT2D eigenvalue weighted by molar-refractivity contribution is 0.00654. The number of ether oxygens (including phenoxy) is 6. The minimum atomic E-state index is -0.550. The maximum Gasteiger partial charge on any atom is 0.407 e. The molecule has 4 amide bonds. The molecular formula is C76H168N6O19. The standard InChI is InChI=1S/4C10H21NO3.C9H21NO.2C9H20O2.C8H19NO2.CH4/c1-4-9(7-12)11-10(13)14-6-5-8(2)3;1-4-9(12)7-11-10(13)14-6-5-8(2)3;1-4-9(12)7-14-10(13)11-6-5-8(2)3;1-4-9(7-12)14-10(13)11-6-5-8(2)3;1-4-9(11)7-10-6-5-8(2)3;1-4-9(10)7-11-6-5-8(2)3;1-4-9(7-10)11-6-5-8(2)3;1-7(2)3-4-9-8(5-10)6-11;/h4*8-9,12H,4-7H2,1-3H3,(H,11,13);8-11H,4-7H2,1-3H3;2*8-10H,4-7H2,1-3H3;7-11H,3-6H2,1-2H3;1H4. The number of nitrogens with one attached hydrogen (secondary N) is 6. The van der Waals surface area contributed by atoms with Crippen molar-refractivity contribution in [3.8, 4) is 0 Å². The lowest BCUT2D eigenvalue weighted by atomic mass is 10.1. The van der Waals surface area contributed by atoms with Crippen molar-refractivity contribution in [2.24, 2.45) is 47.3 Å². The van der Waals surface area contributed by atoms with Crippen molar-refractivity contribution in [2.45, 2.75) is 312 Å². The van der Waals surface area contributed by atoms with E-state index in [9.17, 15) is 19.2 Å². The topological polar surface area (TPSA) is 378 Å². The van der Waals surface area contributed by atoms with Gasteiger partial charge in [0.25, 0.3) is 0 Å². The van der Waals surface area contributed by atoms with E-state index < -0.39 is 36.6 Å². The summed E-state index contributed by atoms with van der Waals surface area (Å²) in [6, 6.07) is -0.338. The van der Waals surface area contributed by atoms with Crippen LogP contribution in [0.1, 0.15) is 263 Å². The first-order chi connectivity index (χ1) is 47.0. The average Bonchev–Trinajstić information content (AvgIpc) is 2.20. The summed E-state index contributed by atoms with van der Waals surface area (Å²) < 4.78 is 30.2. The molecule has 0 saturated heterocycles. The van der Waals surface area contributed by atoms with Gasteiger partial charge in [0.05, 0.1) is 95.5 Å². The number of amides is 4. The first-order valence-electron chi connectivity index (χ1n) is 38.1. The highest BCUT2D eigenvalue weighted by molar-refractivity contribution is 5.68. The Kier molecular flexibility index (Phi) is 100. The molecule has 0 rings (SSSR count). The molecule has 15 N–H and O–H groups in total. The van der Waals surface area contributed by atoms with E-state index in [1.807, 2.05) is 48.5 Å². The summed E-state index contributed by atoms with van der Waals surface area (Å²) in [4.78, 5) is 44.2. The molecule has 0 aromatic rings. The van der Waals surface area contributed by atoms with Crippen molar-refractivity contribution < 1.29 is 93.6 Å². The molecule has 0 fully saturated rings. The highest BCUT2D eigenvalue weighted by Gasteiger charge is 2.13. The van der Waals surface area contributed by atoms with E-state index in [0.29, 0.717) is 100 Å². The minimum absolute atomic E-state index is 0. The fourth-order valence-electron chi connectivity index (χ4n) is 6.36. The van der Waals surface area contributed by atoms with E-state index in [2.05, 4.69) is 143 Å². The summed E-state index contributed by atoms with van der Waals surface area (Å²) in [6.45, 7) is 54.6. The summed E-state index contributed by atoms with van der Waals surface area (Å²) in [5, 5.41) is 96.8. The normalized spacial score (nSPS) is 12.8. The van der Waals surface area contributed by atoms with E-state index in [1.165, 1.54) is 6.42 Å². The van der Waals surface area contributed by atoms with Gasteiger partial charge in [0, 0.05) is 39.4 Å². The third-order valence-corrected chi connectivity index (χ3v) is 14.3. The predicted octanol–water partition coefficient (Wildman–Crippen LogP) is 11.8. The van der Waals surface area contributed by atoms with Gasteiger partial charge in [-0.05, 0) is 157 Å². The molecule has 0 bridgehead atoms. The van der Waals surface area contributed by atoms with Crippen LogP contribution in [0.3, 0.4) is 0 Å². The number of alkyl carbamates (subject to hydrolysis) is 4. The second-order valence-electron chi connectivity index (χ2n) is 28.2. The highest BCUT2D eigenvalue weighted by atomic mass is 16.6. The zero-order valence-corrected chi connectivity index (χ0v) is 68.0. The summed E-state index contributed by atoms with van der Waals surface area (Å²) in [5.41, 5.74) is 0. The second kappa shape index (κ2) is 87.2. The fourth-order valence-corrected chi connectivity index (χ4v) is 6.36. The fraction of sp³-hybridized carbons (Fsp3) is 0.947. The Balaban J connectivity index is -0.000000137. The van der Waals surface area contributed by atoms with E-state index in [4.69, 9.17) is 74.4 Å². The maximum absolute atomic E-state index is 11.1. The Hall–Kier alpha value is -3.44. The number of carbonyl (C=O) groups is 4. The number of carbonyl (C=O) groups excluding carboxylic acids is 4. The van der Waals surface area contributed by atoms with Crippen LogP contribution in [0.5, 0.6) is 0 Å². The highest BCUT2D eigenvalue weighted by Crippen LogP contribution is 2.06. The molecule has 0 spiro atoms. The van der Waals surface area contributed by atoms with Crippen molar-refractivity contribution in [2.75, 3.05) is 112 Å². The van der Waals surface area contributed by atoms with Crippen LogP contribution in [0.4, 0.5) is 19.2 Å². The van der Waals surface area contributed by atoms with E-state index >= 15 is 0 Å². The minimum Gasteiger partial charge on any atom is -0.450 e.